The summed E-state index contributed by atoms with van der Waals surface area (Å²) in [4.78, 5) is 27.2. The molecule has 1 fully saturated rings. The lowest BCUT2D eigenvalue weighted by Crippen LogP contribution is -2.40. The first-order chi connectivity index (χ1) is 19.2. The van der Waals surface area contributed by atoms with Gasteiger partial charge in [0.05, 0.1) is 29.4 Å². The number of thioether (sulfide) groups is 1. The molecule has 1 aliphatic rings. The molecule has 0 atom stereocenters. The van der Waals surface area contributed by atoms with Crippen molar-refractivity contribution >= 4 is 46.0 Å². The summed E-state index contributed by atoms with van der Waals surface area (Å²) in [5.41, 5.74) is 3.38. The Morgan fingerprint density at radius 2 is 1.77 bits per heavy atom. The third kappa shape index (κ3) is 6.25. The molecule has 9 heteroatoms. The maximum absolute atomic E-state index is 13.3. The molecule has 0 spiro atoms. The molecule has 0 bridgehead atoms. The van der Waals surface area contributed by atoms with Crippen molar-refractivity contribution in [3.63, 3.8) is 0 Å². The van der Waals surface area contributed by atoms with Gasteiger partial charge in [0.15, 0.2) is 0 Å². The molecule has 1 aromatic heterocycles. The number of aromatic nitrogens is 2. The summed E-state index contributed by atoms with van der Waals surface area (Å²) in [7, 11) is 0. The van der Waals surface area contributed by atoms with Crippen LogP contribution in [-0.2, 0) is 10.2 Å². The maximum atomic E-state index is 13.3. The average molecular weight is 558 g/mol. The molecule has 5 rings (SSSR count). The highest BCUT2D eigenvalue weighted by Crippen LogP contribution is 2.32. The molecule has 4 aromatic rings. The summed E-state index contributed by atoms with van der Waals surface area (Å²) in [6.45, 7) is 10.0. The number of nitrogens with one attached hydrogen (secondary N) is 2. The highest BCUT2D eigenvalue weighted by molar-refractivity contribution is 8.00. The van der Waals surface area contributed by atoms with E-state index in [9.17, 15) is 9.59 Å². The number of amides is 3. The van der Waals surface area contributed by atoms with Gasteiger partial charge in [-0.05, 0) is 31.2 Å². The molecule has 3 aromatic carbocycles. The van der Waals surface area contributed by atoms with Crippen molar-refractivity contribution in [1.82, 2.24) is 14.7 Å². The first-order valence-electron chi connectivity index (χ1n) is 13.4. The SMILES string of the molecule is Cc1ccc(-n2nc(C(C)(C)C)cc2NC(=O)Nc2ccc(OCCN3CCSCC3=O)c3ccccc23)cc1. The zero-order valence-corrected chi connectivity index (χ0v) is 24.2. The van der Waals surface area contributed by atoms with E-state index in [4.69, 9.17) is 9.84 Å². The minimum Gasteiger partial charge on any atom is -0.491 e. The predicted molar refractivity (Wildman–Crippen MR) is 163 cm³/mol. The van der Waals surface area contributed by atoms with Crippen LogP contribution < -0.4 is 15.4 Å². The molecule has 2 heterocycles. The van der Waals surface area contributed by atoms with Crippen molar-refractivity contribution in [3.8, 4) is 11.4 Å². The van der Waals surface area contributed by atoms with Crippen LogP contribution in [0.2, 0.25) is 0 Å². The van der Waals surface area contributed by atoms with Crippen LogP contribution in [0, 0.1) is 6.92 Å². The van der Waals surface area contributed by atoms with Crippen LogP contribution in [0.15, 0.2) is 66.7 Å². The fraction of sp³-hybridized carbons (Fsp3) is 0.323. The number of anilines is 2. The quantitative estimate of drug-likeness (QED) is 0.281. The number of urea groups is 1. The average Bonchev–Trinajstić information content (AvgIpc) is 3.35. The van der Waals surface area contributed by atoms with Gasteiger partial charge in [-0.1, -0.05) is 62.7 Å². The number of fused-ring (bicyclic) bond motifs is 1. The number of nitrogens with zero attached hydrogens (tertiary/aromatic N) is 3. The third-order valence-corrected chi connectivity index (χ3v) is 7.76. The van der Waals surface area contributed by atoms with Crippen LogP contribution in [0.25, 0.3) is 16.5 Å². The Morgan fingerprint density at radius 1 is 1.02 bits per heavy atom. The summed E-state index contributed by atoms with van der Waals surface area (Å²) in [5, 5.41) is 12.6. The first kappa shape index (κ1) is 27.6. The Morgan fingerprint density at radius 3 is 2.50 bits per heavy atom. The van der Waals surface area contributed by atoms with E-state index in [0.717, 1.165) is 40.0 Å². The van der Waals surface area contributed by atoms with E-state index < -0.39 is 0 Å². The third-order valence-electron chi connectivity index (χ3n) is 6.83. The summed E-state index contributed by atoms with van der Waals surface area (Å²) in [6.07, 6.45) is 0. The van der Waals surface area contributed by atoms with Gasteiger partial charge in [-0.25, -0.2) is 9.48 Å². The smallest absolute Gasteiger partial charge is 0.324 e. The fourth-order valence-corrected chi connectivity index (χ4v) is 5.40. The van der Waals surface area contributed by atoms with Crippen LogP contribution in [0.4, 0.5) is 16.3 Å². The van der Waals surface area contributed by atoms with Gasteiger partial charge in [0.25, 0.3) is 0 Å². The summed E-state index contributed by atoms with van der Waals surface area (Å²) >= 11 is 1.67. The number of rotatable bonds is 7. The van der Waals surface area contributed by atoms with Crippen LogP contribution in [0.1, 0.15) is 32.0 Å². The second kappa shape index (κ2) is 11.6. The summed E-state index contributed by atoms with van der Waals surface area (Å²) in [5.74, 6) is 2.96. The van der Waals surface area contributed by atoms with E-state index in [2.05, 4.69) is 31.4 Å². The Hall–Kier alpha value is -3.98. The molecule has 208 valence electrons. The van der Waals surface area contributed by atoms with Gasteiger partial charge < -0.3 is 15.0 Å². The minimum atomic E-state index is -0.367. The molecule has 0 unspecified atom stereocenters. The van der Waals surface area contributed by atoms with Gasteiger partial charge in [-0.2, -0.15) is 16.9 Å². The van der Waals surface area contributed by atoms with Crippen molar-refractivity contribution in [3.05, 3.63) is 78.0 Å². The van der Waals surface area contributed by atoms with Crippen LogP contribution in [-0.4, -0.2) is 57.8 Å². The molecule has 1 aliphatic heterocycles. The van der Waals surface area contributed by atoms with E-state index in [-0.39, 0.29) is 17.4 Å². The molecule has 0 aliphatic carbocycles. The zero-order chi connectivity index (χ0) is 28.3. The predicted octanol–water partition coefficient (Wildman–Crippen LogP) is 6.23. The molecule has 1 saturated heterocycles. The van der Waals surface area contributed by atoms with E-state index in [1.54, 1.807) is 16.4 Å². The topological polar surface area (TPSA) is 88.5 Å². The van der Waals surface area contributed by atoms with Crippen molar-refractivity contribution in [2.75, 3.05) is 41.8 Å². The Bertz CT molecular complexity index is 1520. The van der Waals surface area contributed by atoms with Crippen LogP contribution in [0.5, 0.6) is 5.75 Å². The molecule has 0 radical (unpaired) electrons. The van der Waals surface area contributed by atoms with Gasteiger partial charge >= 0.3 is 6.03 Å². The molecule has 0 saturated carbocycles. The highest BCUT2D eigenvalue weighted by Gasteiger charge is 2.22. The number of carbonyl (C=O) groups excluding carboxylic acids is 2. The monoisotopic (exact) mass is 557 g/mol. The lowest BCUT2D eigenvalue weighted by atomic mass is 9.92. The molecular weight excluding hydrogens is 522 g/mol. The minimum absolute atomic E-state index is 0.161. The van der Waals surface area contributed by atoms with Crippen molar-refractivity contribution in [2.45, 2.75) is 33.1 Å². The van der Waals surface area contributed by atoms with Crippen molar-refractivity contribution in [1.29, 1.82) is 0 Å². The summed E-state index contributed by atoms with van der Waals surface area (Å²) in [6, 6.07) is 21.1. The van der Waals surface area contributed by atoms with Crippen LogP contribution >= 0.6 is 11.8 Å². The Balaban J connectivity index is 1.33. The van der Waals surface area contributed by atoms with Crippen molar-refractivity contribution < 1.29 is 14.3 Å². The fourth-order valence-electron chi connectivity index (χ4n) is 4.55. The molecule has 40 heavy (non-hydrogen) atoms. The van der Waals surface area contributed by atoms with Crippen molar-refractivity contribution in [2.24, 2.45) is 0 Å². The van der Waals surface area contributed by atoms with Gasteiger partial charge in [0.2, 0.25) is 5.91 Å². The highest BCUT2D eigenvalue weighted by atomic mass is 32.2. The summed E-state index contributed by atoms with van der Waals surface area (Å²) < 4.78 is 7.86. The Kier molecular flexibility index (Phi) is 8.02. The largest absolute Gasteiger partial charge is 0.491 e. The number of carbonyl (C=O) groups is 2. The standard InChI is InChI=1S/C31H35N5O3S/c1-21-9-11-22(12-10-21)36-28(19-27(34-36)31(2,3)4)33-30(38)32-25-13-14-26(24-8-6-5-7-23(24)25)39-17-15-35-16-18-40-20-29(35)37/h5-14,19H,15-18,20H2,1-4H3,(H2,32,33,38). The van der Waals surface area contributed by atoms with E-state index in [0.29, 0.717) is 36.2 Å². The molecule has 8 nitrogen and oxygen atoms in total. The lowest BCUT2D eigenvalue weighted by Gasteiger charge is -2.26. The molecular formula is C31H35N5O3S. The van der Waals surface area contributed by atoms with Crippen LogP contribution in [0.3, 0.4) is 0 Å². The number of hydrogen-bond donors (Lipinski definition) is 2. The lowest BCUT2D eigenvalue weighted by molar-refractivity contribution is -0.128. The van der Waals surface area contributed by atoms with Gasteiger partial charge in [-0.15, -0.1) is 0 Å². The second-order valence-electron chi connectivity index (χ2n) is 10.9. The van der Waals surface area contributed by atoms with Gasteiger partial charge in [0, 0.05) is 34.6 Å². The van der Waals surface area contributed by atoms with E-state index in [1.165, 1.54) is 0 Å². The number of aryl methyl sites for hydroxylation is 1. The van der Waals surface area contributed by atoms with E-state index in [1.807, 2.05) is 78.6 Å². The van der Waals surface area contributed by atoms with Gasteiger partial charge in [-0.3, -0.25) is 10.1 Å². The normalized spacial score (nSPS) is 13.9. The molecule has 3 amide bonds. The first-order valence-corrected chi connectivity index (χ1v) is 14.6. The second-order valence-corrected chi connectivity index (χ2v) is 12.0. The Labute approximate surface area is 239 Å². The van der Waals surface area contributed by atoms with Gasteiger partial charge in [0.1, 0.15) is 18.2 Å². The number of ether oxygens (including phenoxy) is 1. The zero-order valence-electron chi connectivity index (χ0n) is 23.4. The maximum Gasteiger partial charge on any atom is 0.324 e. The molecule has 2 N–H and O–H groups in total. The number of hydrogen-bond acceptors (Lipinski definition) is 5. The number of benzene rings is 3. The van der Waals surface area contributed by atoms with E-state index >= 15 is 0 Å².